The van der Waals surface area contributed by atoms with Crippen molar-refractivity contribution in [3.8, 4) is 5.75 Å². The van der Waals surface area contributed by atoms with E-state index in [-0.39, 0.29) is 17.2 Å². The highest BCUT2D eigenvalue weighted by Gasteiger charge is 2.09. The molecule has 2 aromatic rings. The van der Waals surface area contributed by atoms with E-state index in [2.05, 4.69) is 10.3 Å². The second kappa shape index (κ2) is 4.48. The molecule has 0 atom stereocenters. The number of hydrogen-bond donors (Lipinski definition) is 2. The first-order valence-electron chi connectivity index (χ1n) is 4.69. The third kappa shape index (κ3) is 2.20. The van der Waals surface area contributed by atoms with Crippen LogP contribution in [-0.2, 0) is 6.54 Å². The van der Waals surface area contributed by atoms with Gasteiger partial charge < -0.3 is 14.8 Å². The van der Waals surface area contributed by atoms with Gasteiger partial charge in [0.25, 0.3) is 5.91 Å². The number of rotatable bonds is 3. The zero-order valence-corrected chi connectivity index (χ0v) is 8.38. The summed E-state index contributed by atoms with van der Waals surface area (Å²) >= 11 is 0. The van der Waals surface area contributed by atoms with E-state index >= 15 is 0 Å². The molecule has 2 rings (SSSR count). The Bertz CT molecular complexity index is 480. The molecular formula is C11H10N2O3. The van der Waals surface area contributed by atoms with Crippen molar-refractivity contribution < 1.29 is 14.3 Å². The molecule has 0 aliphatic carbocycles. The number of carbonyl (C=O) groups is 1. The maximum Gasteiger partial charge on any atom is 0.255 e. The van der Waals surface area contributed by atoms with E-state index in [1.807, 2.05) is 0 Å². The summed E-state index contributed by atoms with van der Waals surface area (Å²) in [5, 5.41) is 12.1. The van der Waals surface area contributed by atoms with Gasteiger partial charge in [0.1, 0.15) is 5.75 Å². The van der Waals surface area contributed by atoms with Crippen molar-refractivity contribution >= 4 is 5.91 Å². The maximum absolute atomic E-state index is 11.6. The Balaban J connectivity index is 2.01. The van der Waals surface area contributed by atoms with Crippen molar-refractivity contribution in [2.24, 2.45) is 0 Å². The van der Waals surface area contributed by atoms with Crippen LogP contribution in [-0.4, -0.2) is 16.0 Å². The Morgan fingerprint density at radius 3 is 3.06 bits per heavy atom. The number of nitrogens with one attached hydrogen (secondary N) is 1. The van der Waals surface area contributed by atoms with E-state index in [4.69, 9.17) is 4.42 Å². The van der Waals surface area contributed by atoms with Crippen molar-refractivity contribution in [3.05, 3.63) is 48.2 Å². The number of amides is 1. The van der Waals surface area contributed by atoms with Crippen molar-refractivity contribution in [2.75, 3.05) is 0 Å². The number of nitrogens with zero attached hydrogens (tertiary/aromatic N) is 1. The van der Waals surface area contributed by atoms with E-state index in [9.17, 15) is 9.90 Å². The number of aromatic hydroxyl groups is 1. The average Bonchev–Trinajstić information content (AvgIpc) is 2.79. The standard InChI is InChI=1S/C11H10N2O3/c14-10-6-12-3-1-9(10)11(15)13-5-8-2-4-16-7-8/h1-4,6-7,14H,5H2,(H,13,15). The molecule has 2 heterocycles. The lowest BCUT2D eigenvalue weighted by Crippen LogP contribution is -2.22. The summed E-state index contributed by atoms with van der Waals surface area (Å²) in [6.45, 7) is 0.358. The molecule has 1 amide bonds. The molecule has 16 heavy (non-hydrogen) atoms. The summed E-state index contributed by atoms with van der Waals surface area (Å²) in [4.78, 5) is 15.3. The minimum Gasteiger partial charge on any atom is -0.505 e. The Kier molecular flexibility index (Phi) is 2.86. The molecular weight excluding hydrogens is 208 g/mol. The molecule has 0 unspecified atom stereocenters. The number of carbonyl (C=O) groups excluding carboxylic acids is 1. The molecule has 82 valence electrons. The second-order valence-electron chi connectivity index (χ2n) is 3.21. The van der Waals surface area contributed by atoms with Crippen LogP contribution in [0.5, 0.6) is 5.75 Å². The Morgan fingerprint density at radius 2 is 2.38 bits per heavy atom. The molecule has 0 aromatic carbocycles. The Hall–Kier alpha value is -2.30. The van der Waals surface area contributed by atoms with Gasteiger partial charge in [-0.15, -0.1) is 0 Å². The fourth-order valence-corrected chi connectivity index (χ4v) is 1.25. The quantitative estimate of drug-likeness (QED) is 0.814. The monoisotopic (exact) mass is 218 g/mol. The van der Waals surface area contributed by atoms with Gasteiger partial charge in [-0.05, 0) is 12.1 Å². The zero-order valence-electron chi connectivity index (χ0n) is 8.38. The summed E-state index contributed by atoms with van der Waals surface area (Å²) < 4.78 is 4.87. The summed E-state index contributed by atoms with van der Waals surface area (Å²) in [6.07, 6.45) is 5.76. The van der Waals surface area contributed by atoms with E-state index in [1.54, 1.807) is 12.3 Å². The Labute approximate surface area is 91.7 Å². The first-order valence-corrected chi connectivity index (χ1v) is 4.69. The fraction of sp³-hybridized carbons (Fsp3) is 0.0909. The van der Waals surface area contributed by atoms with Crippen LogP contribution in [0.15, 0.2) is 41.5 Å². The van der Waals surface area contributed by atoms with Crippen molar-refractivity contribution in [2.45, 2.75) is 6.54 Å². The van der Waals surface area contributed by atoms with E-state index in [1.165, 1.54) is 24.7 Å². The number of aromatic nitrogens is 1. The fourth-order valence-electron chi connectivity index (χ4n) is 1.25. The van der Waals surface area contributed by atoms with E-state index in [0.717, 1.165) is 5.56 Å². The minimum absolute atomic E-state index is 0.132. The predicted octanol–water partition coefficient (Wildman–Crippen LogP) is 1.31. The highest BCUT2D eigenvalue weighted by atomic mass is 16.3. The molecule has 0 bridgehead atoms. The summed E-state index contributed by atoms with van der Waals surface area (Å²) in [7, 11) is 0. The van der Waals surface area contributed by atoms with Gasteiger partial charge in [-0.2, -0.15) is 0 Å². The van der Waals surface area contributed by atoms with Gasteiger partial charge in [-0.1, -0.05) is 0 Å². The van der Waals surface area contributed by atoms with Crippen LogP contribution in [0.2, 0.25) is 0 Å². The molecule has 0 saturated carbocycles. The molecule has 0 fully saturated rings. The average molecular weight is 218 g/mol. The zero-order chi connectivity index (χ0) is 11.4. The molecule has 0 aliphatic heterocycles. The molecule has 2 N–H and O–H groups in total. The van der Waals surface area contributed by atoms with Crippen LogP contribution >= 0.6 is 0 Å². The lowest BCUT2D eigenvalue weighted by Gasteiger charge is -2.04. The smallest absolute Gasteiger partial charge is 0.255 e. The van der Waals surface area contributed by atoms with Gasteiger partial charge in [0.2, 0.25) is 0 Å². The second-order valence-corrected chi connectivity index (χ2v) is 3.21. The summed E-state index contributed by atoms with van der Waals surface area (Å²) in [5.74, 6) is -0.478. The van der Waals surface area contributed by atoms with Crippen molar-refractivity contribution in [3.63, 3.8) is 0 Å². The van der Waals surface area contributed by atoms with Crippen LogP contribution < -0.4 is 5.32 Å². The lowest BCUT2D eigenvalue weighted by atomic mass is 10.2. The summed E-state index contributed by atoms with van der Waals surface area (Å²) in [5.41, 5.74) is 1.07. The molecule has 0 radical (unpaired) electrons. The Morgan fingerprint density at radius 1 is 1.50 bits per heavy atom. The van der Waals surface area contributed by atoms with E-state index in [0.29, 0.717) is 6.54 Å². The topological polar surface area (TPSA) is 75.4 Å². The highest BCUT2D eigenvalue weighted by Crippen LogP contribution is 2.13. The third-order valence-corrected chi connectivity index (χ3v) is 2.08. The van der Waals surface area contributed by atoms with Crippen LogP contribution in [0.25, 0.3) is 0 Å². The number of hydrogen-bond acceptors (Lipinski definition) is 4. The van der Waals surface area contributed by atoms with Crippen molar-refractivity contribution in [1.29, 1.82) is 0 Å². The number of pyridine rings is 1. The van der Waals surface area contributed by atoms with Crippen molar-refractivity contribution in [1.82, 2.24) is 10.3 Å². The molecule has 2 aromatic heterocycles. The SMILES string of the molecule is O=C(NCc1ccoc1)c1ccncc1O. The molecule has 0 saturated heterocycles. The van der Waals surface area contributed by atoms with Gasteiger partial charge in [-0.3, -0.25) is 9.78 Å². The maximum atomic E-state index is 11.6. The van der Waals surface area contributed by atoms with Crippen LogP contribution in [0, 0.1) is 0 Å². The molecule has 0 aliphatic rings. The normalized spacial score (nSPS) is 10.0. The van der Waals surface area contributed by atoms with Crippen LogP contribution in [0.3, 0.4) is 0 Å². The van der Waals surface area contributed by atoms with Crippen LogP contribution in [0.1, 0.15) is 15.9 Å². The third-order valence-electron chi connectivity index (χ3n) is 2.08. The first-order chi connectivity index (χ1) is 7.77. The minimum atomic E-state index is -0.346. The van der Waals surface area contributed by atoms with Gasteiger partial charge in [-0.25, -0.2) is 0 Å². The van der Waals surface area contributed by atoms with Gasteiger partial charge in [0, 0.05) is 18.3 Å². The highest BCUT2D eigenvalue weighted by molar-refractivity contribution is 5.96. The van der Waals surface area contributed by atoms with Gasteiger partial charge >= 0.3 is 0 Å². The molecule has 5 nitrogen and oxygen atoms in total. The van der Waals surface area contributed by atoms with Crippen LogP contribution in [0.4, 0.5) is 0 Å². The first kappa shape index (κ1) is 10.2. The van der Waals surface area contributed by atoms with Gasteiger partial charge in [0.05, 0.1) is 24.3 Å². The lowest BCUT2D eigenvalue weighted by molar-refractivity contribution is 0.0948. The number of furan rings is 1. The summed E-state index contributed by atoms with van der Waals surface area (Å²) in [6, 6.07) is 3.22. The van der Waals surface area contributed by atoms with Gasteiger partial charge in [0.15, 0.2) is 0 Å². The van der Waals surface area contributed by atoms with E-state index < -0.39 is 0 Å². The molecule has 5 heteroatoms. The largest absolute Gasteiger partial charge is 0.505 e. The predicted molar refractivity (Wildman–Crippen MR) is 55.8 cm³/mol. The molecule has 0 spiro atoms.